The maximum absolute atomic E-state index is 8.58. The molecule has 0 aliphatic heterocycles. The van der Waals surface area contributed by atoms with Crippen LogP contribution >= 0.6 is 23.3 Å². The maximum atomic E-state index is 8.58. The van der Waals surface area contributed by atoms with Gasteiger partial charge in [0.1, 0.15) is 11.5 Å². The summed E-state index contributed by atoms with van der Waals surface area (Å²) < 4.78 is 4.94. The molecule has 0 amide bonds. The predicted octanol–water partition coefficient (Wildman–Crippen LogP) is 1.14. The number of oxime groups is 1. The molecule has 0 radical (unpaired) electrons. The zero-order valence-electron chi connectivity index (χ0n) is 9.44. The molecule has 0 saturated heterocycles. The van der Waals surface area contributed by atoms with E-state index in [1.807, 2.05) is 6.92 Å². The van der Waals surface area contributed by atoms with Crippen LogP contribution in [0.15, 0.2) is 26.9 Å². The lowest BCUT2D eigenvalue weighted by Crippen LogP contribution is -2.15. The molecule has 0 saturated carbocycles. The monoisotopic (exact) mass is 282 g/mol. The third kappa shape index (κ3) is 2.93. The number of aryl methyl sites for hydroxylation is 1. The molecule has 0 aliphatic rings. The first-order chi connectivity index (χ1) is 8.72. The van der Waals surface area contributed by atoms with Crippen LogP contribution in [-0.2, 0) is 6.42 Å². The van der Waals surface area contributed by atoms with Crippen LogP contribution in [0.25, 0.3) is 0 Å². The molecular formula is C9H10N6OS2. The Labute approximate surface area is 111 Å². The van der Waals surface area contributed by atoms with Gasteiger partial charge in [-0.1, -0.05) is 12.1 Å². The first-order valence-corrected chi connectivity index (χ1v) is 6.63. The molecular weight excluding hydrogens is 272 g/mol. The van der Waals surface area contributed by atoms with Gasteiger partial charge in [-0.3, -0.25) is 0 Å². The first kappa shape index (κ1) is 12.7. The van der Waals surface area contributed by atoms with Gasteiger partial charge in [0.15, 0.2) is 15.3 Å². The lowest BCUT2D eigenvalue weighted by molar-refractivity contribution is 0.318. The molecule has 0 atom stereocenters. The van der Waals surface area contributed by atoms with E-state index in [4.69, 9.17) is 10.9 Å². The van der Waals surface area contributed by atoms with Crippen molar-refractivity contribution in [1.29, 1.82) is 0 Å². The highest BCUT2D eigenvalue weighted by Crippen LogP contribution is 2.25. The van der Waals surface area contributed by atoms with E-state index in [2.05, 4.69) is 24.5 Å². The van der Waals surface area contributed by atoms with Crippen LogP contribution in [0.3, 0.4) is 0 Å². The Hall–Kier alpha value is -1.74. The number of aromatic nitrogens is 4. The molecule has 94 valence electrons. The minimum Gasteiger partial charge on any atom is -0.409 e. The second-order valence-corrected chi connectivity index (χ2v) is 5.11. The van der Waals surface area contributed by atoms with E-state index in [1.54, 1.807) is 12.3 Å². The lowest BCUT2D eigenvalue weighted by atomic mass is 10.4. The Morgan fingerprint density at radius 3 is 3.06 bits per heavy atom. The van der Waals surface area contributed by atoms with Gasteiger partial charge < -0.3 is 10.9 Å². The van der Waals surface area contributed by atoms with Gasteiger partial charge in [0.2, 0.25) is 0 Å². The topological polar surface area (TPSA) is 110 Å². The van der Waals surface area contributed by atoms with Crippen molar-refractivity contribution in [2.45, 2.75) is 22.8 Å². The van der Waals surface area contributed by atoms with Crippen LogP contribution in [0, 0.1) is 0 Å². The molecule has 3 N–H and O–H groups in total. The summed E-state index contributed by atoms with van der Waals surface area (Å²) in [5, 5.41) is 12.0. The van der Waals surface area contributed by atoms with E-state index in [0.717, 1.165) is 16.6 Å². The molecule has 7 nitrogen and oxygen atoms in total. The van der Waals surface area contributed by atoms with E-state index >= 15 is 0 Å². The predicted molar refractivity (Wildman–Crippen MR) is 68.0 cm³/mol. The van der Waals surface area contributed by atoms with Gasteiger partial charge in [-0.05, 0) is 29.4 Å². The normalized spacial score (nSPS) is 11.7. The zero-order chi connectivity index (χ0) is 13.0. The smallest absolute Gasteiger partial charge is 0.195 e. The highest BCUT2D eigenvalue weighted by molar-refractivity contribution is 8.00. The van der Waals surface area contributed by atoms with Crippen LogP contribution in [0.4, 0.5) is 0 Å². The number of rotatable bonds is 4. The molecule has 2 rings (SSSR count). The lowest BCUT2D eigenvalue weighted by Gasteiger charge is -1.99. The molecule has 2 aromatic heterocycles. The second kappa shape index (κ2) is 5.74. The summed E-state index contributed by atoms with van der Waals surface area (Å²) in [6.45, 7) is 1.99. The maximum Gasteiger partial charge on any atom is 0.195 e. The highest BCUT2D eigenvalue weighted by atomic mass is 32.2. The van der Waals surface area contributed by atoms with Crippen molar-refractivity contribution in [3.8, 4) is 0 Å². The number of nitrogens with zero attached hydrogens (tertiary/aromatic N) is 5. The Bertz CT molecular complexity index is 570. The Morgan fingerprint density at radius 2 is 2.39 bits per heavy atom. The average Bonchev–Trinajstić information content (AvgIpc) is 2.86. The summed E-state index contributed by atoms with van der Waals surface area (Å²) >= 11 is 2.60. The third-order valence-corrected chi connectivity index (χ3v) is 3.62. The van der Waals surface area contributed by atoms with Crippen molar-refractivity contribution in [2.75, 3.05) is 0 Å². The average molecular weight is 282 g/mol. The van der Waals surface area contributed by atoms with Gasteiger partial charge in [0.25, 0.3) is 0 Å². The van der Waals surface area contributed by atoms with Crippen molar-refractivity contribution < 1.29 is 5.21 Å². The van der Waals surface area contributed by atoms with E-state index in [1.165, 1.54) is 23.3 Å². The van der Waals surface area contributed by atoms with Gasteiger partial charge in [-0.15, -0.1) is 0 Å². The summed E-state index contributed by atoms with van der Waals surface area (Å²) in [4.78, 5) is 12.5. The summed E-state index contributed by atoms with van der Waals surface area (Å²) in [5.74, 6) is 0.751. The summed E-state index contributed by atoms with van der Waals surface area (Å²) in [6, 6.07) is 1.57. The third-order valence-electron chi connectivity index (χ3n) is 1.95. The van der Waals surface area contributed by atoms with Crippen molar-refractivity contribution in [2.24, 2.45) is 10.9 Å². The number of hydrogen-bond acceptors (Lipinski definition) is 8. The van der Waals surface area contributed by atoms with Crippen LogP contribution in [0.2, 0.25) is 0 Å². The Kier molecular flexibility index (Phi) is 4.05. The summed E-state index contributed by atoms with van der Waals surface area (Å²) in [5.41, 5.74) is 5.83. The second-order valence-electron chi connectivity index (χ2n) is 3.14. The van der Waals surface area contributed by atoms with Crippen LogP contribution < -0.4 is 5.73 Å². The van der Waals surface area contributed by atoms with Crippen molar-refractivity contribution in [1.82, 2.24) is 19.3 Å². The van der Waals surface area contributed by atoms with E-state index in [0.29, 0.717) is 10.9 Å². The van der Waals surface area contributed by atoms with Crippen molar-refractivity contribution in [3.63, 3.8) is 0 Å². The van der Waals surface area contributed by atoms with E-state index in [9.17, 15) is 0 Å². The van der Waals surface area contributed by atoms with Crippen molar-refractivity contribution >= 4 is 29.1 Å². The molecule has 0 spiro atoms. The molecule has 0 aliphatic carbocycles. The van der Waals surface area contributed by atoms with E-state index < -0.39 is 0 Å². The molecule has 0 unspecified atom stereocenters. The van der Waals surface area contributed by atoms with Gasteiger partial charge in [-0.2, -0.15) is 4.37 Å². The zero-order valence-corrected chi connectivity index (χ0v) is 11.1. The van der Waals surface area contributed by atoms with Crippen molar-refractivity contribution in [3.05, 3.63) is 23.8 Å². The van der Waals surface area contributed by atoms with Gasteiger partial charge in [0.05, 0.1) is 0 Å². The summed E-state index contributed by atoms with van der Waals surface area (Å²) in [7, 11) is 0. The molecule has 2 heterocycles. The Balaban J connectivity index is 2.19. The molecule has 0 fully saturated rings. The minimum atomic E-state index is -0.0502. The fourth-order valence-corrected chi connectivity index (χ4v) is 2.63. The molecule has 2 aromatic rings. The van der Waals surface area contributed by atoms with Gasteiger partial charge >= 0.3 is 0 Å². The fourth-order valence-electron chi connectivity index (χ4n) is 1.08. The number of hydrogen-bond donors (Lipinski definition) is 2. The number of amidine groups is 1. The highest BCUT2D eigenvalue weighted by Gasteiger charge is 2.09. The molecule has 0 bridgehead atoms. The minimum absolute atomic E-state index is 0.0502. The SMILES string of the molecule is CCc1nsc(Sc2nccc(/C(N)=N/O)n2)n1. The largest absolute Gasteiger partial charge is 0.409 e. The summed E-state index contributed by atoms with van der Waals surface area (Å²) in [6.07, 6.45) is 2.34. The molecule has 0 aromatic carbocycles. The number of nitrogens with two attached hydrogens (primary N) is 1. The first-order valence-electron chi connectivity index (χ1n) is 5.04. The van der Waals surface area contributed by atoms with Crippen LogP contribution in [0.5, 0.6) is 0 Å². The van der Waals surface area contributed by atoms with Gasteiger partial charge in [-0.25, -0.2) is 15.0 Å². The van der Waals surface area contributed by atoms with Gasteiger partial charge in [0, 0.05) is 12.6 Å². The van der Waals surface area contributed by atoms with E-state index in [-0.39, 0.29) is 5.84 Å². The Morgan fingerprint density at radius 1 is 1.56 bits per heavy atom. The quantitative estimate of drug-likeness (QED) is 0.284. The fraction of sp³-hybridized carbons (Fsp3) is 0.222. The molecule has 9 heteroatoms. The van der Waals surface area contributed by atoms with Crippen LogP contribution in [-0.4, -0.2) is 30.4 Å². The molecule has 18 heavy (non-hydrogen) atoms. The standard InChI is InChI=1S/C9H10N6OS2/c1-2-6-13-9(18-15-6)17-8-11-4-3-5(12-8)7(10)14-16/h3-4,16H,2H2,1H3,(H2,10,14). The van der Waals surface area contributed by atoms with Crippen LogP contribution in [0.1, 0.15) is 18.4 Å².